The molecule has 0 N–H and O–H groups in total. The van der Waals surface area contributed by atoms with Crippen LogP contribution in [0.25, 0.3) is 0 Å². The van der Waals surface area contributed by atoms with Gasteiger partial charge in [-0.1, -0.05) is 0 Å². The van der Waals surface area contributed by atoms with Crippen LogP contribution in [-0.4, -0.2) is 27.9 Å². The molecule has 0 atom stereocenters. The second-order valence-corrected chi connectivity index (χ2v) is 5.62. The van der Waals surface area contributed by atoms with Crippen molar-refractivity contribution in [2.24, 2.45) is 0 Å². The van der Waals surface area contributed by atoms with Gasteiger partial charge in [-0.05, 0) is 21.7 Å². The second kappa shape index (κ2) is 3.15. The number of Topliss-reactive ketones (excluding diaryl/α,β-unsaturated/α-hetero) is 1. The van der Waals surface area contributed by atoms with Crippen molar-refractivity contribution in [3.63, 3.8) is 0 Å². The van der Waals surface area contributed by atoms with Gasteiger partial charge in [0.15, 0.2) is 5.76 Å². The van der Waals surface area contributed by atoms with Gasteiger partial charge in [0.2, 0.25) is 5.78 Å². The van der Waals surface area contributed by atoms with Gasteiger partial charge in [0.25, 0.3) is 0 Å². The van der Waals surface area contributed by atoms with Crippen molar-refractivity contribution in [1.29, 1.82) is 0 Å². The van der Waals surface area contributed by atoms with Crippen molar-refractivity contribution in [3.8, 4) is 0 Å². The molecule has 0 saturated carbocycles. The fourth-order valence-corrected chi connectivity index (χ4v) is 1.37. The molecule has 3 nitrogen and oxygen atoms in total. The van der Waals surface area contributed by atoms with Crippen LogP contribution < -0.4 is 0 Å². The zero-order chi connectivity index (χ0) is 9.19. The highest BCUT2D eigenvalue weighted by molar-refractivity contribution is 8.01. The summed E-state index contributed by atoms with van der Waals surface area (Å²) in [6, 6.07) is 3.16. The zero-order valence-corrected chi connectivity index (χ0v) is 7.76. The minimum atomic E-state index is -2.13. The van der Waals surface area contributed by atoms with Crippen LogP contribution >= 0.6 is 0 Å². The van der Waals surface area contributed by atoms with Gasteiger partial charge in [-0.2, -0.15) is 0 Å². The number of hydrogen-bond acceptors (Lipinski definition) is 3. The number of furan rings is 1. The molecule has 1 rings (SSSR count). The van der Waals surface area contributed by atoms with Crippen LogP contribution in [0.2, 0.25) is 0 Å². The van der Waals surface area contributed by atoms with Gasteiger partial charge in [0.1, 0.15) is 0 Å². The van der Waals surface area contributed by atoms with E-state index in [9.17, 15) is 9.00 Å². The van der Waals surface area contributed by atoms with Gasteiger partial charge in [0, 0.05) is 17.9 Å². The number of hydrogen-bond donors (Lipinski definition) is 0. The van der Waals surface area contributed by atoms with Gasteiger partial charge < -0.3 is 4.42 Å². The minimum Gasteiger partial charge on any atom is -0.461 e. The lowest BCUT2D eigenvalue weighted by atomic mass is 10.3. The Morgan fingerprint density at radius 1 is 1.58 bits per heavy atom. The van der Waals surface area contributed by atoms with E-state index in [0.717, 1.165) is 0 Å². The molecule has 12 heavy (non-hydrogen) atoms. The molecule has 1 heterocycles. The summed E-state index contributed by atoms with van der Waals surface area (Å²) in [5, 5.41) is 1.19. The molecule has 0 radical (unpaired) electrons. The van der Waals surface area contributed by atoms with Gasteiger partial charge >= 0.3 is 0 Å². The molecule has 0 fully saturated rings. The molecule has 0 unspecified atom stereocenters. The Balaban J connectivity index is 2.97. The van der Waals surface area contributed by atoms with Gasteiger partial charge in [-0.25, -0.2) is 0 Å². The Kier molecular flexibility index (Phi) is 2.38. The smallest absolute Gasteiger partial charge is 0.228 e. The van der Waals surface area contributed by atoms with E-state index >= 15 is 0 Å². The molecule has 1 aromatic heterocycles. The molecule has 0 saturated heterocycles. The summed E-state index contributed by atoms with van der Waals surface area (Å²) >= 11 is 0. The second-order valence-electron chi connectivity index (χ2n) is 2.77. The highest BCUT2D eigenvalue weighted by Gasteiger charge is 2.06. The normalized spacial score (nSPS) is 11.2. The fourth-order valence-electron chi connectivity index (χ4n) is 0.735. The standard InChI is InChI=1S/C8H10O3S/c1-12(2,10)6-7(9)8-4-3-5-11-8/h3-6H,1-2H3. The average Bonchev–Trinajstić information content (AvgIpc) is 2.32. The maximum atomic E-state index is 11.2. The van der Waals surface area contributed by atoms with E-state index in [-0.39, 0.29) is 11.5 Å². The van der Waals surface area contributed by atoms with Gasteiger partial charge in [0.05, 0.1) is 6.26 Å². The van der Waals surface area contributed by atoms with Crippen LogP contribution in [0.1, 0.15) is 10.6 Å². The van der Waals surface area contributed by atoms with E-state index < -0.39 is 9.52 Å². The third-order valence-corrected chi connectivity index (χ3v) is 1.94. The predicted octanol–water partition coefficient (Wildman–Crippen LogP) is 0.809. The summed E-state index contributed by atoms with van der Waals surface area (Å²) in [6.07, 6.45) is 4.43. The van der Waals surface area contributed by atoms with Crippen molar-refractivity contribution in [2.45, 2.75) is 0 Å². The molecule has 0 spiro atoms. The molecule has 0 aliphatic heterocycles. The Labute approximate surface area is 71.4 Å². The van der Waals surface area contributed by atoms with Crippen LogP contribution in [0.3, 0.4) is 0 Å². The molecular weight excluding hydrogens is 176 g/mol. The third-order valence-electron chi connectivity index (χ3n) is 1.15. The van der Waals surface area contributed by atoms with Gasteiger partial charge in [-0.3, -0.25) is 9.00 Å². The van der Waals surface area contributed by atoms with E-state index in [0.29, 0.717) is 0 Å². The summed E-state index contributed by atoms with van der Waals surface area (Å²) in [6.45, 7) is 0. The van der Waals surface area contributed by atoms with E-state index in [1.165, 1.54) is 24.1 Å². The van der Waals surface area contributed by atoms with Crippen molar-refractivity contribution >= 4 is 20.7 Å². The van der Waals surface area contributed by atoms with E-state index in [4.69, 9.17) is 4.42 Å². The van der Waals surface area contributed by atoms with Crippen molar-refractivity contribution in [2.75, 3.05) is 12.5 Å². The Morgan fingerprint density at radius 2 is 2.25 bits per heavy atom. The average molecular weight is 186 g/mol. The number of carbonyl (C=O) groups is 1. The monoisotopic (exact) mass is 186 g/mol. The first kappa shape index (κ1) is 9.06. The Morgan fingerprint density at radius 3 is 2.67 bits per heavy atom. The Bertz CT molecular complexity index is 372. The third kappa shape index (κ3) is 2.54. The van der Waals surface area contributed by atoms with E-state index in [1.807, 2.05) is 0 Å². The van der Waals surface area contributed by atoms with Crippen LogP contribution in [0.4, 0.5) is 0 Å². The lowest BCUT2D eigenvalue weighted by Crippen LogP contribution is -2.07. The highest BCUT2D eigenvalue weighted by atomic mass is 32.2. The summed E-state index contributed by atoms with van der Waals surface area (Å²) < 4.78 is 16.0. The summed E-state index contributed by atoms with van der Waals surface area (Å²) in [7, 11) is -2.13. The molecule has 0 aliphatic rings. The predicted molar refractivity (Wildman–Crippen MR) is 49.1 cm³/mol. The van der Waals surface area contributed by atoms with Crippen LogP contribution in [0.5, 0.6) is 0 Å². The largest absolute Gasteiger partial charge is 0.461 e. The SMILES string of the molecule is CS(C)(=O)=CC(=O)c1ccco1. The quantitative estimate of drug-likeness (QED) is 0.507. The molecular formula is C8H10O3S. The van der Waals surface area contributed by atoms with Gasteiger partial charge in [-0.15, -0.1) is 0 Å². The first-order valence-electron chi connectivity index (χ1n) is 3.36. The topological polar surface area (TPSA) is 47.3 Å². The lowest BCUT2D eigenvalue weighted by molar-refractivity contribution is 0.104. The first-order valence-corrected chi connectivity index (χ1v) is 5.79. The molecule has 0 amide bonds. The number of rotatable bonds is 2. The number of carbonyl (C=O) groups excluding carboxylic acids is 1. The molecule has 0 aromatic carbocycles. The Hall–Kier alpha value is -1.03. The number of ketones is 1. The van der Waals surface area contributed by atoms with Crippen molar-refractivity contribution in [3.05, 3.63) is 24.2 Å². The summed E-state index contributed by atoms with van der Waals surface area (Å²) in [5.74, 6) is -0.0959. The first-order chi connectivity index (χ1) is 5.49. The fraction of sp³-hybridized carbons (Fsp3) is 0.250. The maximum absolute atomic E-state index is 11.2. The maximum Gasteiger partial charge on any atom is 0.228 e. The molecule has 1 aromatic rings. The lowest BCUT2D eigenvalue weighted by Gasteiger charge is -1.92. The molecule has 4 heteroatoms. The van der Waals surface area contributed by atoms with Crippen LogP contribution in [-0.2, 0) is 9.52 Å². The van der Waals surface area contributed by atoms with Crippen molar-refractivity contribution in [1.82, 2.24) is 0 Å². The molecule has 66 valence electrons. The van der Waals surface area contributed by atoms with E-state index in [1.54, 1.807) is 12.1 Å². The molecule has 0 aliphatic carbocycles. The zero-order valence-electron chi connectivity index (χ0n) is 6.94. The molecule has 0 bridgehead atoms. The van der Waals surface area contributed by atoms with E-state index in [2.05, 4.69) is 0 Å². The van der Waals surface area contributed by atoms with Crippen molar-refractivity contribution < 1.29 is 13.4 Å². The van der Waals surface area contributed by atoms with Crippen LogP contribution in [0, 0.1) is 0 Å². The highest BCUT2D eigenvalue weighted by Crippen LogP contribution is 1.99. The summed E-state index contributed by atoms with van der Waals surface area (Å²) in [4.78, 5) is 11.2. The minimum absolute atomic E-state index is 0.228. The van der Waals surface area contributed by atoms with Crippen LogP contribution in [0.15, 0.2) is 22.8 Å². The summed E-state index contributed by atoms with van der Waals surface area (Å²) in [5.41, 5.74) is 0.